The van der Waals surface area contributed by atoms with Crippen LogP contribution in [0.1, 0.15) is 11.1 Å². The zero-order chi connectivity index (χ0) is 10.2. The predicted octanol–water partition coefficient (Wildman–Crippen LogP) is 1.24. The van der Waals surface area contributed by atoms with Crippen LogP contribution in [0.2, 0.25) is 0 Å². The molecule has 0 amide bonds. The summed E-state index contributed by atoms with van der Waals surface area (Å²) in [6.45, 7) is 0.0821. The van der Waals surface area contributed by atoms with Crippen molar-refractivity contribution in [2.24, 2.45) is 5.11 Å². The molecule has 0 saturated heterocycles. The summed E-state index contributed by atoms with van der Waals surface area (Å²) in [7, 11) is 0. The quantitative estimate of drug-likeness (QED) is 0.328. The SMILES string of the molecule is [N-]=[N+]=NCC#Cc1cncc(CO)c1. The topological polar surface area (TPSA) is 81.9 Å². The van der Waals surface area contributed by atoms with Gasteiger partial charge >= 0.3 is 0 Å². The first kappa shape index (κ1) is 10.1. The van der Waals surface area contributed by atoms with E-state index < -0.39 is 0 Å². The van der Waals surface area contributed by atoms with Gasteiger partial charge in [0, 0.05) is 22.9 Å². The fourth-order valence-corrected chi connectivity index (χ4v) is 0.851. The molecule has 0 unspecified atom stereocenters. The molecule has 1 N–H and O–H groups in total. The van der Waals surface area contributed by atoms with Crippen molar-refractivity contribution in [3.8, 4) is 11.8 Å². The lowest BCUT2D eigenvalue weighted by molar-refractivity contribution is 0.281. The molecule has 0 aliphatic heterocycles. The van der Waals surface area contributed by atoms with Crippen LogP contribution in [0.4, 0.5) is 0 Å². The Morgan fingerprint density at radius 1 is 1.57 bits per heavy atom. The molecule has 0 saturated carbocycles. The largest absolute Gasteiger partial charge is 0.392 e. The van der Waals surface area contributed by atoms with Crippen LogP contribution >= 0.6 is 0 Å². The van der Waals surface area contributed by atoms with E-state index in [0.717, 1.165) is 0 Å². The van der Waals surface area contributed by atoms with E-state index in [1.54, 1.807) is 18.5 Å². The van der Waals surface area contributed by atoms with Crippen LogP contribution in [-0.4, -0.2) is 16.6 Å². The third-order valence-corrected chi connectivity index (χ3v) is 1.42. The van der Waals surface area contributed by atoms with E-state index in [1.165, 1.54) is 0 Å². The first-order chi connectivity index (χ1) is 6.86. The first-order valence-electron chi connectivity index (χ1n) is 3.91. The van der Waals surface area contributed by atoms with Crippen molar-refractivity contribution in [1.82, 2.24) is 4.98 Å². The molecule has 14 heavy (non-hydrogen) atoms. The number of rotatable bonds is 2. The molecule has 0 radical (unpaired) electrons. The average Bonchev–Trinajstić information content (AvgIpc) is 2.25. The maximum Gasteiger partial charge on any atom is 0.0880 e. The molecule has 70 valence electrons. The van der Waals surface area contributed by atoms with Gasteiger partial charge in [-0.2, -0.15) is 0 Å². The second-order valence-corrected chi connectivity index (χ2v) is 2.43. The third kappa shape index (κ3) is 3.15. The van der Waals surface area contributed by atoms with Gasteiger partial charge in [0.2, 0.25) is 0 Å². The molecule has 0 spiro atoms. The number of azide groups is 1. The van der Waals surface area contributed by atoms with Gasteiger partial charge in [0.05, 0.1) is 13.2 Å². The molecule has 1 rings (SSSR count). The van der Waals surface area contributed by atoms with E-state index in [-0.39, 0.29) is 13.2 Å². The second-order valence-electron chi connectivity index (χ2n) is 2.43. The molecule has 0 aromatic carbocycles. The minimum absolute atomic E-state index is 0.0567. The molecule has 0 aliphatic rings. The van der Waals surface area contributed by atoms with Gasteiger partial charge in [0.15, 0.2) is 0 Å². The van der Waals surface area contributed by atoms with E-state index in [1.807, 2.05) is 0 Å². The lowest BCUT2D eigenvalue weighted by Crippen LogP contribution is -1.86. The van der Waals surface area contributed by atoms with Crippen LogP contribution in [0, 0.1) is 11.8 Å². The lowest BCUT2D eigenvalue weighted by atomic mass is 10.2. The Morgan fingerprint density at radius 3 is 3.14 bits per heavy atom. The zero-order valence-electron chi connectivity index (χ0n) is 7.38. The third-order valence-electron chi connectivity index (χ3n) is 1.42. The molecule has 0 bridgehead atoms. The predicted molar refractivity (Wildman–Crippen MR) is 51.1 cm³/mol. The average molecular weight is 188 g/mol. The van der Waals surface area contributed by atoms with Gasteiger partial charge in [-0.25, -0.2) is 0 Å². The molecule has 1 aromatic heterocycles. The van der Waals surface area contributed by atoms with Crippen molar-refractivity contribution in [3.63, 3.8) is 0 Å². The number of aromatic nitrogens is 1. The minimum atomic E-state index is -0.0567. The lowest BCUT2D eigenvalue weighted by Gasteiger charge is -1.94. The minimum Gasteiger partial charge on any atom is -0.392 e. The van der Waals surface area contributed by atoms with Crippen LogP contribution in [-0.2, 0) is 6.61 Å². The molecule has 5 nitrogen and oxygen atoms in total. The summed E-state index contributed by atoms with van der Waals surface area (Å²) in [4.78, 5) is 6.46. The van der Waals surface area contributed by atoms with Crippen LogP contribution < -0.4 is 0 Å². The summed E-state index contributed by atoms with van der Waals surface area (Å²) in [6.07, 6.45) is 3.15. The molecule has 0 aliphatic carbocycles. The first-order valence-corrected chi connectivity index (χ1v) is 3.91. The fourth-order valence-electron chi connectivity index (χ4n) is 0.851. The van der Waals surface area contributed by atoms with Gasteiger partial charge in [-0.3, -0.25) is 4.98 Å². The summed E-state index contributed by atoms with van der Waals surface area (Å²) in [5.74, 6) is 5.43. The Labute approximate surface area is 81.0 Å². The highest BCUT2D eigenvalue weighted by Gasteiger charge is 1.91. The fraction of sp³-hybridized carbons (Fsp3) is 0.222. The molecular weight excluding hydrogens is 180 g/mol. The van der Waals surface area contributed by atoms with Gasteiger partial charge in [0.1, 0.15) is 0 Å². The molecule has 1 aromatic rings. The summed E-state index contributed by atoms with van der Waals surface area (Å²) < 4.78 is 0. The van der Waals surface area contributed by atoms with Gasteiger partial charge in [-0.05, 0) is 17.2 Å². The zero-order valence-corrected chi connectivity index (χ0v) is 7.38. The standard InChI is InChI=1S/C9H8N4O/c10-13-12-3-1-2-8-4-9(7-14)6-11-5-8/h4-6,14H,3,7H2. The van der Waals surface area contributed by atoms with E-state index in [0.29, 0.717) is 11.1 Å². The van der Waals surface area contributed by atoms with Gasteiger partial charge in [0.25, 0.3) is 0 Å². The van der Waals surface area contributed by atoms with Crippen molar-refractivity contribution < 1.29 is 5.11 Å². The number of nitrogens with zero attached hydrogens (tertiary/aromatic N) is 4. The Balaban J connectivity index is 2.73. The monoisotopic (exact) mass is 188 g/mol. The van der Waals surface area contributed by atoms with Crippen LogP contribution in [0.5, 0.6) is 0 Å². The summed E-state index contributed by atoms with van der Waals surface area (Å²) >= 11 is 0. The van der Waals surface area contributed by atoms with Crippen molar-refractivity contribution in [1.29, 1.82) is 0 Å². The van der Waals surface area contributed by atoms with Crippen LogP contribution in [0.3, 0.4) is 0 Å². The van der Waals surface area contributed by atoms with Crippen molar-refractivity contribution in [2.75, 3.05) is 6.54 Å². The van der Waals surface area contributed by atoms with Gasteiger partial charge in [-0.15, -0.1) is 0 Å². The molecule has 0 fully saturated rings. The Hall–Kier alpha value is -2.02. The number of hydrogen-bond donors (Lipinski definition) is 1. The van der Waals surface area contributed by atoms with E-state index in [4.69, 9.17) is 10.6 Å². The summed E-state index contributed by atoms with van der Waals surface area (Å²) in [5, 5.41) is 12.1. The van der Waals surface area contributed by atoms with Crippen molar-refractivity contribution in [3.05, 3.63) is 40.0 Å². The van der Waals surface area contributed by atoms with Crippen LogP contribution in [0.15, 0.2) is 23.6 Å². The normalized spacial score (nSPS) is 8.36. The number of hydrogen-bond acceptors (Lipinski definition) is 3. The number of pyridine rings is 1. The molecule has 0 atom stereocenters. The van der Waals surface area contributed by atoms with Gasteiger partial charge < -0.3 is 5.11 Å². The highest BCUT2D eigenvalue weighted by Crippen LogP contribution is 2.00. The van der Waals surface area contributed by atoms with Crippen LogP contribution in [0.25, 0.3) is 10.4 Å². The van der Waals surface area contributed by atoms with E-state index in [9.17, 15) is 0 Å². The van der Waals surface area contributed by atoms with Crippen molar-refractivity contribution >= 4 is 0 Å². The Bertz CT molecular complexity index is 412. The van der Waals surface area contributed by atoms with E-state index in [2.05, 4.69) is 26.9 Å². The Morgan fingerprint density at radius 2 is 2.43 bits per heavy atom. The molecule has 5 heteroatoms. The second kappa shape index (κ2) is 5.60. The summed E-state index contributed by atoms with van der Waals surface area (Å²) in [5.41, 5.74) is 9.40. The molecular formula is C9H8N4O. The number of aliphatic hydroxyl groups excluding tert-OH is 1. The van der Waals surface area contributed by atoms with Crippen molar-refractivity contribution in [2.45, 2.75) is 6.61 Å². The maximum absolute atomic E-state index is 8.82. The highest BCUT2D eigenvalue weighted by molar-refractivity contribution is 5.34. The summed E-state index contributed by atoms with van der Waals surface area (Å²) in [6, 6.07) is 1.73. The number of aliphatic hydroxyl groups is 1. The van der Waals surface area contributed by atoms with E-state index >= 15 is 0 Å². The highest BCUT2D eigenvalue weighted by atomic mass is 16.3. The van der Waals surface area contributed by atoms with Gasteiger partial charge in [-0.1, -0.05) is 17.0 Å². The molecule has 1 heterocycles. The Kier molecular flexibility index (Phi) is 4.02. The maximum atomic E-state index is 8.82. The smallest absolute Gasteiger partial charge is 0.0880 e.